The molecule has 4 atom stereocenters. The Balaban J connectivity index is 1.59. The molecule has 1 aliphatic carbocycles. The van der Waals surface area contributed by atoms with E-state index in [-0.39, 0.29) is 17.2 Å². The second-order valence-electron chi connectivity index (χ2n) is 7.39. The van der Waals surface area contributed by atoms with Gasteiger partial charge in [-0.25, -0.2) is 0 Å². The zero-order chi connectivity index (χ0) is 18.7. The van der Waals surface area contributed by atoms with E-state index in [9.17, 15) is 4.79 Å². The van der Waals surface area contributed by atoms with E-state index in [1.807, 2.05) is 38.1 Å². The summed E-state index contributed by atoms with van der Waals surface area (Å²) in [6.45, 7) is 8.41. The molecule has 26 heavy (non-hydrogen) atoms. The lowest BCUT2D eigenvalue weighted by Crippen LogP contribution is -2.46. The number of rotatable bonds is 5. The fourth-order valence-electron chi connectivity index (χ4n) is 3.44. The Morgan fingerprint density at radius 2 is 2.12 bits per heavy atom. The fourth-order valence-corrected chi connectivity index (χ4v) is 4.14. The molecule has 3 rings (SSSR count). The Morgan fingerprint density at radius 1 is 1.31 bits per heavy atom. The largest absolute Gasteiger partial charge is 0.411 e. The van der Waals surface area contributed by atoms with Crippen molar-refractivity contribution in [2.24, 2.45) is 11.8 Å². The maximum absolute atomic E-state index is 12.6. The normalized spacial score (nSPS) is 24.2. The molecule has 1 amide bonds. The molecule has 6 heteroatoms. The summed E-state index contributed by atoms with van der Waals surface area (Å²) in [4.78, 5) is 12.6. The lowest BCUT2D eigenvalue weighted by molar-refractivity contribution is -0.121. The molecule has 5 nitrogen and oxygen atoms in total. The first-order chi connectivity index (χ1) is 12.4. The third-order valence-electron chi connectivity index (χ3n) is 5.35. The molecular formula is C20H27N3O2S. The lowest BCUT2D eigenvalue weighted by Gasteiger charge is -2.35. The van der Waals surface area contributed by atoms with Crippen LogP contribution in [0.2, 0.25) is 0 Å². The van der Waals surface area contributed by atoms with Crippen molar-refractivity contribution in [1.29, 1.82) is 0 Å². The summed E-state index contributed by atoms with van der Waals surface area (Å²) >= 11 is 1.31. The van der Waals surface area contributed by atoms with Gasteiger partial charge < -0.3 is 9.73 Å². The lowest BCUT2D eigenvalue weighted by atomic mass is 9.78. The first-order valence-corrected chi connectivity index (χ1v) is 10.2. The standard InChI is InChI=1S/C20H27N3O2S/c1-12-7-5-9-16(11-12)19-22-23-20(25-19)26-15(4)18(24)21-17-10-6-8-13(2)14(17)3/h5,7,9,11,13-15,17H,6,8,10H2,1-4H3,(H,21,24)/t13-,14-,15+,17-/m0/s1. The number of thioether (sulfide) groups is 1. The van der Waals surface area contributed by atoms with Crippen molar-refractivity contribution >= 4 is 17.7 Å². The number of carbonyl (C=O) groups excluding carboxylic acids is 1. The minimum atomic E-state index is -0.273. The molecule has 1 aliphatic rings. The number of benzene rings is 1. The van der Waals surface area contributed by atoms with E-state index in [2.05, 4.69) is 29.4 Å². The van der Waals surface area contributed by atoms with Crippen molar-refractivity contribution in [2.45, 2.75) is 63.5 Å². The van der Waals surface area contributed by atoms with Crippen LogP contribution in [-0.2, 0) is 4.79 Å². The number of amides is 1. The van der Waals surface area contributed by atoms with Crippen LogP contribution in [0.1, 0.15) is 45.6 Å². The molecule has 2 aromatic rings. The fraction of sp³-hybridized carbons (Fsp3) is 0.550. The van der Waals surface area contributed by atoms with Gasteiger partial charge in [0.2, 0.25) is 11.8 Å². The molecule has 1 saturated carbocycles. The smallest absolute Gasteiger partial charge is 0.277 e. The first-order valence-electron chi connectivity index (χ1n) is 9.31. The van der Waals surface area contributed by atoms with E-state index >= 15 is 0 Å². The van der Waals surface area contributed by atoms with Gasteiger partial charge in [0.1, 0.15) is 0 Å². The molecule has 1 aromatic heterocycles. The SMILES string of the molecule is Cc1cccc(-c2nnc(S[C@H](C)C(=O)N[C@H]3CCC[C@H](C)[C@@H]3C)o2)c1. The van der Waals surface area contributed by atoms with E-state index in [1.54, 1.807) is 0 Å². The van der Waals surface area contributed by atoms with Crippen LogP contribution in [0.3, 0.4) is 0 Å². The van der Waals surface area contributed by atoms with Crippen molar-refractivity contribution < 1.29 is 9.21 Å². The molecular weight excluding hydrogens is 346 g/mol. The third-order valence-corrected chi connectivity index (χ3v) is 6.29. The minimum absolute atomic E-state index is 0.0382. The summed E-state index contributed by atoms with van der Waals surface area (Å²) in [5.74, 6) is 1.70. The van der Waals surface area contributed by atoms with Gasteiger partial charge in [-0.2, -0.15) is 0 Å². The predicted octanol–water partition coefficient (Wildman–Crippen LogP) is 4.47. The van der Waals surface area contributed by atoms with Crippen LogP contribution in [-0.4, -0.2) is 27.4 Å². The van der Waals surface area contributed by atoms with Crippen LogP contribution in [0.25, 0.3) is 11.5 Å². The summed E-state index contributed by atoms with van der Waals surface area (Å²) in [7, 11) is 0. The van der Waals surface area contributed by atoms with Crippen molar-refractivity contribution in [1.82, 2.24) is 15.5 Å². The molecule has 1 aromatic carbocycles. The van der Waals surface area contributed by atoms with Gasteiger partial charge in [0, 0.05) is 11.6 Å². The van der Waals surface area contributed by atoms with Crippen molar-refractivity contribution in [3.63, 3.8) is 0 Å². The summed E-state index contributed by atoms with van der Waals surface area (Å²) < 4.78 is 5.73. The zero-order valence-electron chi connectivity index (χ0n) is 15.9. The predicted molar refractivity (Wildman–Crippen MR) is 104 cm³/mol. The highest BCUT2D eigenvalue weighted by molar-refractivity contribution is 8.00. The molecule has 1 N–H and O–H groups in total. The van der Waals surface area contributed by atoms with Crippen LogP contribution in [0.15, 0.2) is 33.9 Å². The molecule has 0 bridgehead atoms. The summed E-state index contributed by atoms with van der Waals surface area (Å²) in [6, 6.07) is 8.19. The van der Waals surface area contributed by atoms with Crippen molar-refractivity contribution in [3.8, 4) is 11.5 Å². The van der Waals surface area contributed by atoms with Crippen molar-refractivity contribution in [3.05, 3.63) is 29.8 Å². The maximum Gasteiger partial charge on any atom is 0.277 e. The van der Waals surface area contributed by atoms with E-state index in [0.717, 1.165) is 17.5 Å². The zero-order valence-corrected chi connectivity index (χ0v) is 16.7. The molecule has 0 radical (unpaired) electrons. The van der Waals surface area contributed by atoms with Gasteiger partial charge in [-0.1, -0.05) is 56.1 Å². The Bertz CT molecular complexity index is 761. The molecule has 0 unspecified atom stereocenters. The topological polar surface area (TPSA) is 68.0 Å². The number of nitrogens with zero attached hydrogens (tertiary/aromatic N) is 2. The van der Waals surface area contributed by atoms with Gasteiger partial charge in [0.15, 0.2) is 0 Å². The van der Waals surface area contributed by atoms with E-state index in [0.29, 0.717) is 22.9 Å². The number of aromatic nitrogens is 2. The highest BCUT2D eigenvalue weighted by atomic mass is 32.2. The number of aryl methyl sites for hydroxylation is 1. The highest BCUT2D eigenvalue weighted by Gasteiger charge is 2.29. The van der Waals surface area contributed by atoms with E-state index in [1.165, 1.54) is 24.6 Å². The van der Waals surface area contributed by atoms with Crippen LogP contribution in [0.5, 0.6) is 0 Å². The van der Waals surface area contributed by atoms with Gasteiger partial charge in [-0.3, -0.25) is 4.79 Å². The van der Waals surface area contributed by atoms with Crippen LogP contribution in [0, 0.1) is 18.8 Å². The van der Waals surface area contributed by atoms with Crippen LogP contribution < -0.4 is 5.32 Å². The Morgan fingerprint density at radius 3 is 2.88 bits per heavy atom. The number of carbonyl (C=O) groups is 1. The highest BCUT2D eigenvalue weighted by Crippen LogP contribution is 2.31. The molecule has 1 heterocycles. The van der Waals surface area contributed by atoms with Crippen LogP contribution in [0.4, 0.5) is 0 Å². The molecule has 0 aliphatic heterocycles. The van der Waals surface area contributed by atoms with E-state index in [4.69, 9.17) is 4.42 Å². The number of hydrogen-bond acceptors (Lipinski definition) is 5. The Hall–Kier alpha value is -1.82. The Kier molecular flexibility index (Phi) is 6.01. The second kappa shape index (κ2) is 8.25. The quantitative estimate of drug-likeness (QED) is 0.783. The summed E-state index contributed by atoms with van der Waals surface area (Å²) in [5.41, 5.74) is 2.03. The first kappa shape index (κ1) is 19.0. The van der Waals surface area contributed by atoms with Crippen molar-refractivity contribution in [2.75, 3.05) is 0 Å². The van der Waals surface area contributed by atoms with Gasteiger partial charge in [0.25, 0.3) is 5.22 Å². The van der Waals surface area contributed by atoms with E-state index < -0.39 is 0 Å². The summed E-state index contributed by atoms with van der Waals surface area (Å²) in [6.07, 6.45) is 3.50. The maximum atomic E-state index is 12.6. The minimum Gasteiger partial charge on any atom is -0.411 e. The van der Waals surface area contributed by atoms with Gasteiger partial charge in [0.05, 0.1) is 5.25 Å². The average Bonchev–Trinajstić information content (AvgIpc) is 3.07. The number of nitrogens with one attached hydrogen (secondary N) is 1. The van der Waals surface area contributed by atoms with Gasteiger partial charge in [-0.15, -0.1) is 10.2 Å². The Labute approximate surface area is 159 Å². The summed E-state index contributed by atoms with van der Waals surface area (Å²) in [5, 5.41) is 11.6. The number of hydrogen-bond donors (Lipinski definition) is 1. The average molecular weight is 374 g/mol. The second-order valence-corrected chi connectivity index (χ2v) is 8.68. The van der Waals surface area contributed by atoms with Crippen LogP contribution >= 0.6 is 11.8 Å². The monoisotopic (exact) mass is 373 g/mol. The molecule has 0 saturated heterocycles. The molecule has 1 fully saturated rings. The molecule has 140 valence electrons. The third kappa shape index (κ3) is 4.47. The van der Waals surface area contributed by atoms with Gasteiger partial charge >= 0.3 is 0 Å². The van der Waals surface area contributed by atoms with Gasteiger partial charge in [-0.05, 0) is 44.2 Å². The molecule has 0 spiro atoms.